The molecule has 1 saturated heterocycles. The summed E-state index contributed by atoms with van der Waals surface area (Å²) in [5, 5.41) is 5.96. The molecule has 0 aromatic carbocycles. The summed E-state index contributed by atoms with van der Waals surface area (Å²) < 4.78 is 0. The van der Waals surface area contributed by atoms with Gasteiger partial charge in [-0.05, 0) is 19.3 Å². The van der Waals surface area contributed by atoms with E-state index in [2.05, 4.69) is 10.6 Å². The van der Waals surface area contributed by atoms with E-state index in [1.165, 1.54) is 12.8 Å². The van der Waals surface area contributed by atoms with Gasteiger partial charge in [-0.25, -0.2) is 9.78 Å². The third-order valence-corrected chi connectivity index (χ3v) is 2.67. The van der Waals surface area contributed by atoms with Crippen molar-refractivity contribution >= 4 is 5.91 Å². The lowest BCUT2D eigenvalue weighted by Crippen LogP contribution is -2.52. The maximum atomic E-state index is 11.5. The zero-order valence-corrected chi connectivity index (χ0v) is 8.99. The van der Waals surface area contributed by atoms with E-state index in [-0.39, 0.29) is 12.1 Å². The molecule has 2 rings (SSSR count). The Kier molecular flexibility index (Phi) is 3.56. The molecule has 2 N–H and O–H groups in total. The molecule has 2 aliphatic rings. The van der Waals surface area contributed by atoms with E-state index >= 15 is 0 Å². The summed E-state index contributed by atoms with van der Waals surface area (Å²) in [6, 6.07) is 0. The van der Waals surface area contributed by atoms with Gasteiger partial charge < -0.3 is 5.32 Å². The highest BCUT2D eigenvalue weighted by Gasteiger charge is 2.37. The quantitative estimate of drug-likeness (QED) is 0.655. The fourth-order valence-corrected chi connectivity index (χ4v) is 1.56. The summed E-state index contributed by atoms with van der Waals surface area (Å²) in [5.74, 6) is 0.475. The highest BCUT2D eigenvalue weighted by atomic mass is 17.2. The first-order valence-corrected chi connectivity index (χ1v) is 5.64. The zero-order chi connectivity index (χ0) is 10.7. The van der Waals surface area contributed by atoms with Crippen LogP contribution in [0, 0.1) is 5.92 Å². The minimum Gasteiger partial charge on any atom is -0.354 e. The van der Waals surface area contributed by atoms with Crippen LogP contribution in [0.25, 0.3) is 0 Å². The molecule has 1 saturated carbocycles. The van der Waals surface area contributed by atoms with E-state index < -0.39 is 6.10 Å². The van der Waals surface area contributed by atoms with Crippen LogP contribution in [0.4, 0.5) is 0 Å². The number of nitrogens with one attached hydrogen (secondary N) is 2. The number of carbonyl (C=O) groups excluding carboxylic acids is 1. The van der Waals surface area contributed by atoms with E-state index in [9.17, 15) is 4.79 Å². The summed E-state index contributed by atoms with van der Waals surface area (Å²) in [7, 11) is 0. The molecule has 2 fully saturated rings. The third kappa shape index (κ3) is 2.90. The molecule has 2 atom stereocenters. The number of amides is 1. The van der Waals surface area contributed by atoms with Gasteiger partial charge in [0.05, 0.1) is 0 Å². The number of rotatable bonds is 4. The van der Waals surface area contributed by atoms with Crippen molar-refractivity contribution in [1.29, 1.82) is 0 Å². The Balaban J connectivity index is 1.69. The average Bonchev–Trinajstić information content (AvgIpc) is 3.10. The van der Waals surface area contributed by atoms with Crippen LogP contribution in [0.3, 0.4) is 0 Å². The molecule has 0 aromatic rings. The molecule has 0 aromatic heterocycles. The van der Waals surface area contributed by atoms with Crippen molar-refractivity contribution in [2.24, 2.45) is 5.92 Å². The number of hydrogen-bond acceptors (Lipinski definition) is 4. The second kappa shape index (κ2) is 4.92. The van der Waals surface area contributed by atoms with Gasteiger partial charge in [-0.15, -0.1) is 0 Å². The topological polar surface area (TPSA) is 59.6 Å². The van der Waals surface area contributed by atoms with Gasteiger partial charge in [0.25, 0.3) is 5.91 Å². The highest BCUT2D eigenvalue weighted by molar-refractivity contribution is 5.80. The second-order valence-corrected chi connectivity index (χ2v) is 4.14. The van der Waals surface area contributed by atoms with Gasteiger partial charge in [-0.2, -0.15) is 0 Å². The van der Waals surface area contributed by atoms with Crippen molar-refractivity contribution in [2.75, 3.05) is 13.1 Å². The largest absolute Gasteiger partial charge is 0.354 e. The third-order valence-electron chi connectivity index (χ3n) is 2.67. The molecular formula is C10H18N2O3. The van der Waals surface area contributed by atoms with Crippen LogP contribution in [-0.2, 0) is 14.6 Å². The summed E-state index contributed by atoms with van der Waals surface area (Å²) in [6.07, 6.45) is 2.78. The van der Waals surface area contributed by atoms with E-state index in [0.717, 1.165) is 6.42 Å². The Morgan fingerprint density at radius 1 is 1.47 bits per heavy atom. The molecule has 0 spiro atoms. The van der Waals surface area contributed by atoms with E-state index in [1.807, 2.05) is 6.92 Å². The standard InChI is InChI=1S/C10H18N2O3/c1-2-5-11-9(13)8-6-12-10(15-14-8)7-3-4-7/h7-8,10,12H,2-6H2,1H3,(H,11,13). The molecule has 2 unspecified atom stereocenters. The number of hydrogen-bond donors (Lipinski definition) is 2. The molecule has 1 heterocycles. The first-order valence-electron chi connectivity index (χ1n) is 5.64. The van der Waals surface area contributed by atoms with Gasteiger partial charge in [0, 0.05) is 19.0 Å². The lowest BCUT2D eigenvalue weighted by molar-refractivity contribution is -0.371. The van der Waals surface area contributed by atoms with Crippen LogP contribution < -0.4 is 10.6 Å². The second-order valence-electron chi connectivity index (χ2n) is 4.14. The monoisotopic (exact) mass is 214 g/mol. The van der Waals surface area contributed by atoms with Crippen molar-refractivity contribution in [2.45, 2.75) is 38.5 Å². The highest BCUT2D eigenvalue weighted by Crippen LogP contribution is 2.34. The minimum atomic E-state index is -0.508. The molecule has 0 bridgehead atoms. The minimum absolute atomic E-state index is 0.0137. The van der Waals surface area contributed by atoms with Gasteiger partial charge in [0.15, 0.2) is 6.10 Å². The Hall–Kier alpha value is -0.650. The van der Waals surface area contributed by atoms with Crippen molar-refractivity contribution in [3.8, 4) is 0 Å². The fraction of sp³-hybridized carbons (Fsp3) is 0.900. The molecule has 1 aliphatic carbocycles. The molecule has 5 nitrogen and oxygen atoms in total. The van der Waals surface area contributed by atoms with Crippen LogP contribution in [0.2, 0.25) is 0 Å². The Labute approximate surface area is 89.4 Å². The Bertz CT molecular complexity index is 223. The summed E-state index contributed by atoms with van der Waals surface area (Å²) in [6.45, 7) is 3.24. The van der Waals surface area contributed by atoms with Crippen molar-refractivity contribution in [3.63, 3.8) is 0 Å². The smallest absolute Gasteiger partial charge is 0.253 e. The van der Waals surface area contributed by atoms with Crippen LogP contribution >= 0.6 is 0 Å². The summed E-state index contributed by atoms with van der Waals surface area (Å²) in [5.41, 5.74) is 0. The van der Waals surface area contributed by atoms with Gasteiger partial charge in [0.2, 0.25) is 0 Å². The lowest BCUT2D eigenvalue weighted by Gasteiger charge is -2.28. The Morgan fingerprint density at radius 3 is 2.80 bits per heavy atom. The van der Waals surface area contributed by atoms with Crippen LogP contribution in [0.1, 0.15) is 26.2 Å². The van der Waals surface area contributed by atoms with Crippen LogP contribution in [0.15, 0.2) is 0 Å². The fourth-order valence-electron chi connectivity index (χ4n) is 1.56. The normalized spacial score (nSPS) is 31.3. The van der Waals surface area contributed by atoms with E-state index in [4.69, 9.17) is 9.78 Å². The zero-order valence-electron chi connectivity index (χ0n) is 8.99. The molecule has 0 radical (unpaired) electrons. The van der Waals surface area contributed by atoms with Crippen molar-refractivity contribution in [3.05, 3.63) is 0 Å². The van der Waals surface area contributed by atoms with Crippen LogP contribution in [0.5, 0.6) is 0 Å². The summed E-state index contributed by atoms with van der Waals surface area (Å²) >= 11 is 0. The summed E-state index contributed by atoms with van der Waals surface area (Å²) in [4.78, 5) is 21.7. The average molecular weight is 214 g/mol. The van der Waals surface area contributed by atoms with E-state index in [0.29, 0.717) is 19.0 Å². The first-order chi connectivity index (χ1) is 7.31. The predicted molar refractivity (Wildman–Crippen MR) is 53.8 cm³/mol. The van der Waals surface area contributed by atoms with Gasteiger partial charge in [-0.1, -0.05) is 6.92 Å². The Morgan fingerprint density at radius 2 is 2.27 bits per heavy atom. The maximum Gasteiger partial charge on any atom is 0.253 e. The first kappa shape index (κ1) is 10.9. The van der Waals surface area contributed by atoms with Crippen molar-refractivity contribution in [1.82, 2.24) is 10.6 Å². The SMILES string of the molecule is CCCNC(=O)C1CNC(C2CC2)OO1. The van der Waals surface area contributed by atoms with Crippen molar-refractivity contribution < 1.29 is 14.6 Å². The molecule has 15 heavy (non-hydrogen) atoms. The molecule has 86 valence electrons. The predicted octanol–water partition coefficient (Wildman–Crippen LogP) is 0.169. The molecule has 1 aliphatic heterocycles. The molecule has 5 heteroatoms. The van der Waals surface area contributed by atoms with Gasteiger partial charge in [0.1, 0.15) is 6.23 Å². The molecular weight excluding hydrogens is 196 g/mol. The van der Waals surface area contributed by atoms with E-state index in [1.54, 1.807) is 0 Å². The lowest BCUT2D eigenvalue weighted by atomic mass is 10.3. The number of carbonyl (C=O) groups is 1. The maximum absolute atomic E-state index is 11.5. The van der Waals surface area contributed by atoms with Gasteiger partial charge in [-0.3, -0.25) is 10.1 Å². The molecule has 1 amide bonds. The van der Waals surface area contributed by atoms with Gasteiger partial charge >= 0.3 is 0 Å². The van der Waals surface area contributed by atoms with Crippen LogP contribution in [-0.4, -0.2) is 31.3 Å².